The topological polar surface area (TPSA) is 49.8 Å². The monoisotopic (exact) mass is 268 g/mol. The number of thioether (sulfide) groups is 1. The summed E-state index contributed by atoms with van der Waals surface area (Å²) in [6, 6.07) is 0. The van der Waals surface area contributed by atoms with E-state index in [4.69, 9.17) is 0 Å². The summed E-state index contributed by atoms with van der Waals surface area (Å²) in [6.07, 6.45) is 5.85. The first-order chi connectivity index (χ1) is 8.72. The van der Waals surface area contributed by atoms with E-state index in [0.717, 1.165) is 37.6 Å². The zero-order valence-electron chi connectivity index (χ0n) is 11.8. The number of aromatic nitrogens is 2. The summed E-state index contributed by atoms with van der Waals surface area (Å²) in [7, 11) is 0. The number of hydrogen-bond acceptors (Lipinski definition) is 5. The van der Waals surface area contributed by atoms with Gasteiger partial charge in [-0.05, 0) is 19.6 Å². The van der Waals surface area contributed by atoms with Crippen LogP contribution in [0.2, 0.25) is 0 Å². The molecule has 2 N–H and O–H groups in total. The van der Waals surface area contributed by atoms with Crippen molar-refractivity contribution in [3.63, 3.8) is 0 Å². The van der Waals surface area contributed by atoms with Crippen molar-refractivity contribution < 1.29 is 0 Å². The highest BCUT2D eigenvalue weighted by Crippen LogP contribution is 2.22. The summed E-state index contributed by atoms with van der Waals surface area (Å²) >= 11 is 1.86. The van der Waals surface area contributed by atoms with Crippen molar-refractivity contribution in [3.8, 4) is 0 Å². The van der Waals surface area contributed by atoms with E-state index < -0.39 is 0 Å². The molecule has 1 aromatic rings. The first kappa shape index (κ1) is 15.1. The van der Waals surface area contributed by atoms with Gasteiger partial charge in [-0.3, -0.25) is 0 Å². The van der Waals surface area contributed by atoms with Crippen LogP contribution in [0, 0.1) is 0 Å². The molecule has 1 atom stereocenters. The van der Waals surface area contributed by atoms with Crippen LogP contribution in [0.25, 0.3) is 0 Å². The van der Waals surface area contributed by atoms with Gasteiger partial charge in [0.05, 0.1) is 0 Å². The van der Waals surface area contributed by atoms with Gasteiger partial charge in [0.1, 0.15) is 18.0 Å². The lowest BCUT2D eigenvalue weighted by Gasteiger charge is -2.16. The maximum atomic E-state index is 4.37. The second kappa shape index (κ2) is 8.19. The summed E-state index contributed by atoms with van der Waals surface area (Å²) in [4.78, 5) is 8.70. The van der Waals surface area contributed by atoms with Crippen molar-refractivity contribution in [2.75, 3.05) is 30.0 Å². The van der Waals surface area contributed by atoms with Gasteiger partial charge < -0.3 is 10.6 Å². The maximum Gasteiger partial charge on any atom is 0.134 e. The van der Waals surface area contributed by atoms with Crippen LogP contribution < -0.4 is 10.6 Å². The van der Waals surface area contributed by atoms with E-state index in [0.29, 0.717) is 5.25 Å². The number of hydrogen-bond donors (Lipinski definition) is 2. The molecule has 0 saturated heterocycles. The second-order valence-corrected chi connectivity index (χ2v) is 5.53. The summed E-state index contributed by atoms with van der Waals surface area (Å²) in [5, 5.41) is 7.32. The van der Waals surface area contributed by atoms with Gasteiger partial charge in [0, 0.05) is 23.9 Å². The van der Waals surface area contributed by atoms with Gasteiger partial charge in [-0.2, -0.15) is 11.8 Å². The average molecular weight is 268 g/mol. The Hall–Kier alpha value is -0.970. The standard InChI is InChI=1S/C13H24N4S/c1-5-7-11-12(14-6-2)16-9-17-13(11)15-8-10(3)18-4/h9-10H,5-8H2,1-4H3,(H2,14,15,16,17). The van der Waals surface area contributed by atoms with Crippen LogP contribution in [-0.2, 0) is 6.42 Å². The minimum Gasteiger partial charge on any atom is -0.370 e. The lowest BCUT2D eigenvalue weighted by atomic mass is 10.1. The minimum atomic E-state index is 0.581. The molecule has 0 spiro atoms. The van der Waals surface area contributed by atoms with E-state index in [2.05, 4.69) is 47.6 Å². The van der Waals surface area contributed by atoms with Gasteiger partial charge in [0.15, 0.2) is 0 Å². The zero-order chi connectivity index (χ0) is 13.4. The Kier molecular flexibility index (Phi) is 6.86. The SMILES string of the molecule is CCCc1c(NCC)ncnc1NCC(C)SC. The predicted octanol–water partition coefficient (Wildman–Crippen LogP) is 3.02. The van der Waals surface area contributed by atoms with Crippen LogP contribution >= 0.6 is 11.8 Å². The van der Waals surface area contributed by atoms with Gasteiger partial charge in [0.25, 0.3) is 0 Å². The minimum absolute atomic E-state index is 0.581. The average Bonchev–Trinajstić information content (AvgIpc) is 2.39. The molecule has 102 valence electrons. The van der Waals surface area contributed by atoms with Gasteiger partial charge >= 0.3 is 0 Å². The molecule has 0 aliphatic rings. The number of anilines is 2. The van der Waals surface area contributed by atoms with Crippen LogP contribution in [-0.4, -0.2) is 34.6 Å². The molecule has 1 aromatic heterocycles. The quantitative estimate of drug-likeness (QED) is 0.759. The maximum absolute atomic E-state index is 4.37. The lowest BCUT2D eigenvalue weighted by molar-refractivity contribution is 0.891. The van der Waals surface area contributed by atoms with Crippen molar-refractivity contribution in [2.45, 2.75) is 38.9 Å². The molecule has 0 aliphatic carbocycles. The highest BCUT2D eigenvalue weighted by atomic mass is 32.2. The van der Waals surface area contributed by atoms with Crippen molar-refractivity contribution in [3.05, 3.63) is 11.9 Å². The second-order valence-electron chi connectivity index (χ2n) is 4.26. The Balaban J connectivity index is 2.84. The largest absolute Gasteiger partial charge is 0.370 e. The first-order valence-electron chi connectivity index (χ1n) is 6.57. The molecule has 0 radical (unpaired) electrons. The van der Waals surface area contributed by atoms with Crippen LogP contribution in [0.3, 0.4) is 0 Å². The Bertz CT molecular complexity index is 357. The van der Waals surface area contributed by atoms with E-state index in [1.165, 1.54) is 5.56 Å². The fourth-order valence-electron chi connectivity index (χ4n) is 1.69. The zero-order valence-corrected chi connectivity index (χ0v) is 12.6. The predicted molar refractivity (Wildman–Crippen MR) is 81.7 cm³/mol. The van der Waals surface area contributed by atoms with Crippen LogP contribution in [0.1, 0.15) is 32.8 Å². The van der Waals surface area contributed by atoms with Crippen molar-refractivity contribution >= 4 is 23.4 Å². The fourth-order valence-corrected chi connectivity index (χ4v) is 1.94. The highest BCUT2D eigenvalue weighted by Gasteiger charge is 2.10. The van der Waals surface area contributed by atoms with Crippen LogP contribution in [0.4, 0.5) is 11.6 Å². The van der Waals surface area contributed by atoms with Crippen molar-refractivity contribution in [2.24, 2.45) is 0 Å². The summed E-state index contributed by atoms with van der Waals surface area (Å²) in [5.74, 6) is 1.94. The van der Waals surface area contributed by atoms with Crippen LogP contribution in [0.15, 0.2) is 6.33 Å². The van der Waals surface area contributed by atoms with Crippen molar-refractivity contribution in [1.29, 1.82) is 0 Å². The van der Waals surface area contributed by atoms with Crippen LogP contribution in [0.5, 0.6) is 0 Å². The van der Waals surface area contributed by atoms with Gasteiger partial charge in [0.2, 0.25) is 0 Å². The summed E-state index contributed by atoms with van der Waals surface area (Å²) in [6.45, 7) is 8.29. The molecule has 0 bridgehead atoms. The number of nitrogens with zero attached hydrogens (tertiary/aromatic N) is 2. The van der Waals surface area contributed by atoms with Crippen molar-refractivity contribution in [1.82, 2.24) is 9.97 Å². The molecule has 0 aromatic carbocycles. The normalized spacial score (nSPS) is 12.2. The Morgan fingerprint density at radius 3 is 2.44 bits per heavy atom. The van der Waals surface area contributed by atoms with E-state index in [1.807, 2.05) is 11.8 Å². The third kappa shape index (κ3) is 4.37. The number of rotatable bonds is 8. The van der Waals surface area contributed by atoms with Gasteiger partial charge in [-0.1, -0.05) is 20.3 Å². The fraction of sp³-hybridized carbons (Fsp3) is 0.692. The molecular weight excluding hydrogens is 244 g/mol. The molecule has 0 saturated carbocycles. The molecular formula is C13H24N4S. The molecule has 1 heterocycles. The summed E-state index contributed by atoms with van der Waals surface area (Å²) in [5.41, 5.74) is 1.20. The highest BCUT2D eigenvalue weighted by molar-refractivity contribution is 7.99. The van der Waals surface area contributed by atoms with E-state index >= 15 is 0 Å². The number of nitrogens with one attached hydrogen (secondary N) is 2. The molecule has 1 unspecified atom stereocenters. The van der Waals surface area contributed by atoms with Gasteiger partial charge in [-0.15, -0.1) is 0 Å². The smallest absolute Gasteiger partial charge is 0.134 e. The molecule has 5 heteroatoms. The van der Waals surface area contributed by atoms with E-state index in [1.54, 1.807) is 6.33 Å². The Morgan fingerprint density at radius 1 is 1.22 bits per heavy atom. The molecule has 4 nitrogen and oxygen atoms in total. The molecule has 1 rings (SSSR count). The molecule has 0 aliphatic heterocycles. The third-order valence-corrected chi connectivity index (χ3v) is 3.72. The van der Waals surface area contributed by atoms with E-state index in [9.17, 15) is 0 Å². The Morgan fingerprint density at radius 2 is 1.89 bits per heavy atom. The summed E-state index contributed by atoms with van der Waals surface area (Å²) < 4.78 is 0. The first-order valence-corrected chi connectivity index (χ1v) is 7.86. The van der Waals surface area contributed by atoms with Gasteiger partial charge in [-0.25, -0.2) is 9.97 Å². The third-order valence-electron chi connectivity index (χ3n) is 2.75. The molecule has 0 fully saturated rings. The Labute approximate surface area is 114 Å². The van der Waals surface area contributed by atoms with E-state index in [-0.39, 0.29) is 0 Å². The molecule has 18 heavy (non-hydrogen) atoms. The lowest BCUT2D eigenvalue weighted by Crippen LogP contribution is -2.16. The molecule has 0 amide bonds.